The zero-order valence-electron chi connectivity index (χ0n) is 19.1. The molecule has 166 valence electrons. The van der Waals surface area contributed by atoms with E-state index in [4.69, 9.17) is 4.98 Å². The maximum atomic E-state index is 13.7. The highest BCUT2D eigenvalue weighted by molar-refractivity contribution is 6.07. The number of piperidine rings is 1. The Hall–Kier alpha value is -2.63. The topological polar surface area (TPSA) is 74.3 Å². The minimum absolute atomic E-state index is 0.00199. The third-order valence-corrected chi connectivity index (χ3v) is 6.43. The van der Waals surface area contributed by atoms with Gasteiger partial charge in [0.15, 0.2) is 0 Å². The van der Waals surface area contributed by atoms with Crippen molar-refractivity contribution in [3.63, 3.8) is 0 Å². The van der Waals surface area contributed by atoms with Crippen LogP contribution in [0.15, 0.2) is 24.3 Å². The Morgan fingerprint density at radius 2 is 1.94 bits per heavy atom. The number of amides is 3. The molecular formula is C25H34N4O2. The van der Waals surface area contributed by atoms with Crippen molar-refractivity contribution in [3.05, 3.63) is 41.1 Å². The molecule has 0 bridgehead atoms. The van der Waals surface area contributed by atoms with Crippen LogP contribution in [0.5, 0.6) is 0 Å². The van der Waals surface area contributed by atoms with E-state index in [0.29, 0.717) is 6.54 Å². The van der Waals surface area contributed by atoms with Crippen LogP contribution in [0.3, 0.4) is 0 Å². The van der Waals surface area contributed by atoms with Crippen molar-refractivity contribution < 1.29 is 9.59 Å². The van der Waals surface area contributed by atoms with Gasteiger partial charge in [-0.2, -0.15) is 0 Å². The predicted octanol–water partition coefficient (Wildman–Crippen LogP) is 4.06. The average Bonchev–Trinajstić information content (AvgIpc) is 3.18. The molecule has 1 aromatic carbocycles. The van der Waals surface area contributed by atoms with Gasteiger partial charge in [0.2, 0.25) is 0 Å². The highest BCUT2D eigenvalue weighted by Crippen LogP contribution is 2.32. The molecule has 6 nitrogen and oxygen atoms in total. The lowest BCUT2D eigenvalue weighted by atomic mass is 9.90. The summed E-state index contributed by atoms with van der Waals surface area (Å²) < 4.78 is 0. The van der Waals surface area contributed by atoms with Gasteiger partial charge in [0, 0.05) is 35.8 Å². The number of fused-ring (bicyclic) bond motifs is 2. The van der Waals surface area contributed by atoms with Gasteiger partial charge >= 0.3 is 6.03 Å². The van der Waals surface area contributed by atoms with Crippen molar-refractivity contribution in [2.24, 2.45) is 5.92 Å². The summed E-state index contributed by atoms with van der Waals surface area (Å²) in [4.78, 5) is 32.9. The third-order valence-electron chi connectivity index (χ3n) is 6.43. The van der Waals surface area contributed by atoms with Crippen LogP contribution in [-0.2, 0) is 12.8 Å². The fourth-order valence-electron chi connectivity index (χ4n) is 4.92. The Labute approximate surface area is 184 Å². The number of nitrogens with zero attached hydrogens (tertiary/aromatic N) is 2. The maximum Gasteiger partial charge on any atom is 0.315 e. The Kier molecular flexibility index (Phi) is 5.91. The summed E-state index contributed by atoms with van der Waals surface area (Å²) in [6.07, 6.45) is 4.90. The van der Waals surface area contributed by atoms with Crippen molar-refractivity contribution in [2.45, 2.75) is 71.4 Å². The van der Waals surface area contributed by atoms with Crippen LogP contribution >= 0.6 is 0 Å². The van der Waals surface area contributed by atoms with Crippen LogP contribution < -0.4 is 10.6 Å². The summed E-state index contributed by atoms with van der Waals surface area (Å²) in [6, 6.07) is 7.85. The number of aryl methyl sites for hydroxylation is 1. The minimum atomic E-state index is -0.277. The van der Waals surface area contributed by atoms with Crippen molar-refractivity contribution in [2.75, 3.05) is 13.1 Å². The summed E-state index contributed by atoms with van der Waals surface area (Å²) >= 11 is 0. The van der Waals surface area contributed by atoms with E-state index >= 15 is 0 Å². The monoisotopic (exact) mass is 422 g/mol. The fraction of sp³-hybridized carbons (Fsp3) is 0.560. The molecule has 0 radical (unpaired) electrons. The third kappa shape index (κ3) is 4.68. The molecule has 6 heteroatoms. The molecule has 3 amide bonds. The summed E-state index contributed by atoms with van der Waals surface area (Å²) in [5, 5.41) is 7.00. The number of hydrogen-bond donors (Lipinski definition) is 2. The average molecular weight is 423 g/mol. The number of rotatable bonds is 3. The Morgan fingerprint density at radius 1 is 1.16 bits per heavy atom. The first kappa shape index (κ1) is 21.6. The molecule has 1 aromatic heterocycles. The van der Waals surface area contributed by atoms with E-state index in [0.717, 1.165) is 66.4 Å². The van der Waals surface area contributed by atoms with E-state index in [1.165, 1.54) is 0 Å². The number of nitrogens with one attached hydrogen (secondary N) is 2. The number of carbonyl (C=O) groups excluding carboxylic acids is 2. The van der Waals surface area contributed by atoms with Crippen LogP contribution in [0.4, 0.5) is 4.79 Å². The molecule has 1 aliphatic carbocycles. The number of para-hydroxylation sites is 1. The molecule has 1 saturated heterocycles. The number of pyridine rings is 1. The highest BCUT2D eigenvalue weighted by Gasteiger charge is 2.32. The maximum absolute atomic E-state index is 13.7. The first-order valence-corrected chi connectivity index (χ1v) is 11.5. The molecule has 2 N–H and O–H groups in total. The Balaban J connectivity index is 1.53. The molecule has 0 spiro atoms. The summed E-state index contributed by atoms with van der Waals surface area (Å²) in [5.74, 6) is 0.359. The first-order chi connectivity index (χ1) is 14.7. The Morgan fingerprint density at radius 3 is 2.71 bits per heavy atom. The van der Waals surface area contributed by atoms with E-state index in [1.54, 1.807) is 0 Å². The SMILES string of the molecule is CC(NC(=O)NC(C)(C)C)C1CCCN(C(=O)c2c3c(nc4ccccc24)CCC3)C1. The molecule has 2 unspecified atom stereocenters. The second-order valence-corrected chi connectivity index (χ2v) is 10.1. The number of benzene rings is 1. The van der Waals surface area contributed by atoms with Gasteiger partial charge in [0.1, 0.15) is 0 Å². The normalized spacial score (nSPS) is 19.7. The predicted molar refractivity (Wildman–Crippen MR) is 123 cm³/mol. The number of aromatic nitrogens is 1. The molecule has 31 heavy (non-hydrogen) atoms. The van der Waals surface area contributed by atoms with Gasteiger partial charge in [-0.05, 0) is 77.3 Å². The molecule has 1 aliphatic heterocycles. The molecule has 4 rings (SSSR count). The lowest BCUT2D eigenvalue weighted by Gasteiger charge is -2.37. The van der Waals surface area contributed by atoms with E-state index < -0.39 is 0 Å². The van der Waals surface area contributed by atoms with Gasteiger partial charge in [-0.1, -0.05) is 18.2 Å². The van der Waals surface area contributed by atoms with Crippen LogP contribution in [0.25, 0.3) is 10.9 Å². The van der Waals surface area contributed by atoms with Gasteiger partial charge in [-0.15, -0.1) is 0 Å². The van der Waals surface area contributed by atoms with Crippen molar-refractivity contribution >= 4 is 22.8 Å². The first-order valence-electron chi connectivity index (χ1n) is 11.5. The van der Waals surface area contributed by atoms with Crippen molar-refractivity contribution in [3.8, 4) is 0 Å². The fourth-order valence-corrected chi connectivity index (χ4v) is 4.92. The number of likely N-dealkylation sites (tertiary alicyclic amines) is 1. The van der Waals surface area contributed by atoms with Gasteiger partial charge in [-0.25, -0.2) is 4.79 Å². The highest BCUT2D eigenvalue weighted by atomic mass is 16.2. The van der Waals surface area contributed by atoms with E-state index in [9.17, 15) is 9.59 Å². The van der Waals surface area contributed by atoms with Gasteiger partial charge in [0.25, 0.3) is 5.91 Å². The van der Waals surface area contributed by atoms with Gasteiger partial charge in [0.05, 0.1) is 11.1 Å². The quantitative estimate of drug-likeness (QED) is 0.783. The van der Waals surface area contributed by atoms with E-state index in [1.807, 2.05) is 56.9 Å². The summed E-state index contributed by atoms with van der Waals surface area (Å²) in [7, 11) is 0. The number of carbonyl (C=O) groups is 2. The minimum Gasteiger partial charge on any atom is -0.338 e. The lowest BCUT2D eigenvalue weighted by molar-refractivity contribution is 0.0655. The van der Waals surface area contributed by atoms with Crippen molar-refractivity contribution in [1.29, 1.82) is 0 Å². The second-order valence-electron chi connectivity index (χ2n) is 10.1. The van der Waals surface area contributed by atoms with Crippen LogP contribution in [0.1, 0.15) is 68.6 Å². The molecular weight excluding hydrogens is 388 g/mol. The van der Waals surface area contributed by atoms with Crippen LogP contribution in [0, 0.1) is 5.92 Å². The van der Waals surface area contributed by atoms with E-state index in [2.05, 4.69) is 10.6 Å². The smallest absolute Gasteiger partial charge is 0.315 e. The molecule has 2 atom stereocenters. The molecule has 2 aliphatic rings. The number of urea groups is 1. The zero-order chi connectivity index (χ0) is 22.2. The lowest BCUT2D eigenvalue weighted by Crippen LogP contribution is -2.53. The molecule has 1 fully saturated rings. The molecule has 0 saturated carbocycles. The molecule has 2 aromatic rings. The van der Waals surface area contributed by atoms with E-state index in [-0.39, 0.29) is 29.4 Å². The molecule has 2 heterocycles. The van der Waals surface area contributed by atoms with Crippen LogP contribution in [0.2, 0.25) is 0 Å². The second kappa shape index (κ2) is 8.48. The summed E-state index contributed by atoms with van der Waals surface area (Å²) in [6.45, 7) is 9.38. The standard InChI is InChI=1S/C25H34N4O2/c1-16(26-24(31)28-25(2,3)4)17-9-8-14-29(15-17)23(30)22-18-10-5-6-12-20(18)27-21-13-7-11-19(21)22/h5-6,10,12,16-17H,7-9,11,13-15H2,1-4H3,(H2,26,28,31). The van der Waals surface area contributed by atoms with Gasteiger partial charge < -0.3 is 15.5 Å². The number of hydrogen-bond acceptors (Lipinski definition) is 3. The van der Waals surface area contributed by atoms with Crippen LogP contribution in [-0.4, -0.2) is 46.5 Å². The van der Waals surface area contributed by atoms with Gasteiger partial charge in [-0.3, -0.25) is 9.78 Å². The van der Waals surface area contributed by atoms with Crippen molar-refractivity contribution in [1.82, 2.24) is 20.5 Å². The largest absolute Gasteiger partial charge is 0.338 e. The Bertz CT molecular complexity index is 995. The summed E-state index contributed by atoms with van der Waals surface area (Å²) in [5.41, 5.74) is 3.71. The zero-order valence-corrected chi connectivity index (χ0v) is 19.1.